The van der Waals surface area contributed by atoms with E-state index in [9.17, 15) is 26.8 Å². The van der Waals surface area contributed by atoms with Gasteiger partial charge in [0.25, 0.3) is 0 Å². The van der Waals surface area contributed by atoms with Crippen molar-refractivity contribution in [2.45, 2.75) is 43.0 Å². The summed E-state index contributed by atoms with van der Waals surface area (Å²) >= 11 is 5.36. The van der Waals surface area contributed by atoms with Gasteiger partial charge in [-0.1, -0.05) is 11.6 Å². The smallest absolute Gasteiger partial charge is 0.460 e. The van der Waals surface area contributed by atoms with Crippen molar-refractivity contribution in [1.29, 1.82) is 0 Å². The summed E-state index contributed by atoms with van der Waals surface area (Å²) in [5, 5.41) is -5.03. The van der Waals surface area contributed by atoms with Gasteiger partial charge in [-0.25, -0.2) is 9.59 Å². The van der Waals surface area contributed by atoms with Crippen LogP contribution in [0.1, 0.15) is 32.1 Å². The first-order valence-corrected chi connectivity index (χ1v) is 10.3. The predicted octanol–water partition coefficient (Wildman–Crippen LogP) is 2.31. The number of carbonyl (C=O) groups excluding carboxylic acids is 2. The van der Waals surface area contributed by atoms with Crippen LogP contribution in [0.2, 0.25) is 0 Å². The zero-order valence-electron chi connectivity index (χ0n) is 14.0. The topological polar surface area (TPSA) is 116 Å². The summed E-state index contributed by atoms with van der Waals surface area (Å²) in [7, 11) is -5.92. The van der Waals surface area contributed by atoms with Crippen LogP contribution in [0.4, 0.5) is 13.6 Å². The number of alkyl halides is 3. The highest BCUT2D eigenvalue weighted by Crippen LogP contribution is 2.87. The van der Waals surface area contributed by atoms with E-state index in [4.69, 9.17) is 20.9 Å². The average molecular weight is 431 g/mol. The van der Waals surface area contributed by atoms with Gasteiger partial charge in [0.1, 0.15) is 5.60 Å². The lowest BCUT2D eigenvalue weighted by Crippen LogP contribution is -2.68. The van der Waals surface area contributed by atoms with Crippen molar-refractivity contribution in [1.82, 2.24) is 0 Å². The van der Waals surface area contributed by atoms with Gasteiger partial charge in [-0.15, -0.1) is 0 Å². The molecule has 0 aliphatic heterocycles. The van der Waals surface area contributed by atoms with Crippen molar-refractivity contribution in [2.24, 2.45) is 22.7 Å². The minimum atomic E-state index is -5.92. The largest absolute Gasteiger partial charge is 0.510 e. The van der Waals surface area contributed by atoms with E-state index in [0.717, 1.165) is 6.42 Å². The van der Waals surface area contributed by atoms with E-state index in [1.165, 1.54) is 0 Å². The second-order valence-corrected chi connectivity index (χ2v) is 9.75. The van der Waals surface area contributed by atoms with Crippen LogP contribution >= 0.6 is 11.6 Å². The van der Waals surface area contributed by atoms with E-state index >= 15 is 0 Å². The Bertz CT molecular complexity index is 819. The van der Waals surface area contributed by atoms with E-state index in [1.807, 2.05) is 0 Å². The molecule has 0 saturated heterocycles. The molecular formula is C15H17ClF2O8S. The lowest BCUT2D eigenvalue weighted by Gasteiger charge is -2.72. The fraction of sp³-hybridized carbons (Fsp3) is 0.867. The average Bonchev–Trinajstić information content (AvgIpc) is 2.95. The van der Waals surface area contributed by atoms with Crippen LogP contribution in [0.5, 0.6) is 0 Å². The highest BCUT2D eigenvalue weighted by Gasteiger charge is 2.85. The van der Waals surface area contributed by atoms with Crippen LogP contribution in [-0.2, 0) is 29.1 Å². The van der Waals surface area contributed by atoms with Gasteiger partial charge < -0.3 is 14.2 Å². The molecule has 4 saturated carbocycles. The van der Waals surface area contributed by atoms with Crippen LogP contribution in [-0.4, -0.2) is 48.6 Å². The normalized spacial score (nSPS) is 41.2. The van der Waals surface area contributed by atoms with Crippen molar-refractivity contribution >= 4 is 33.8 Å². The fourth-order valence-electron chi connectivity index (χ4n) is 6.38. The first-order chi connectivity index (χ1) is 12.4. The zero-order valence-corrected chi connectivity index (χ0v) is 15.5. The molecule has 152 valence electrons. The second kappa shape index (κ2) is 5.44. The SMILES string of the molecule is O=C(OCCl)OC12CC3CC4CC(COC(=O)C(F)(F)S(=O)(=O)O)(C1)C34C2. The van der Waals surface area contributed by atoms with E-state index in [-0.39, 0.29) is 17.4 Å². The summed E-state index contributed by atoms with van der Waals surface area (Å²) in [6.07, 6.45) is 2.09. The molecule has 0 radical (unpaired) electrons. The number of ether oxygens (including phenoxy) is 3. The molecule has 4 aliphatic rings. The number of carbonyl (C=O) groups is 2. The van der Waals surface area contributed by atoms with Crippen molar-refractivity contribution in [3.63, 3.8) is 0 Å². The van der Waals surface area contributed by atoms with E-state index < -0.39 is 45.1 Å². The third-order valence-corrected chi connectivity index (χ3v) is 7.98. The molecule has 1 spiro atoms. The van der Waals surface area contributed by atoms with Gasteiger partial charge in [-0.05, 0) is 49.4 Å². The zero-order chi connectivity index (χ0) is 19.9. The molecule has 0 amide bonds. The fourth-order valence-corrected chi connectivity index (χ4v) is 6.74. The number of hydrogen-bond acceptors (Lipinski definition) is 7. The number of rotatable bonds is 6. The molecule has 2 bridgehead atoms. The Kier molecular flexibility index (Phi) is 3.86. The second-order valence-electron chi connectivity index (χ2n) is 8.07. The van der Waals surface area contributed by atoms with Crippen molar-refractivity contribution < 1.29 is 45.6 Å². The standard InChI is InChI=1S/C15H17ClF2O8S/c16-7-25-11(20)26-13-3-9-1-8-2-12(4-13,14(8,9)5-13)6-24-10(19)15(17,18)27(21,22)23/h8-9H,1-7H2,(H,21,22,23). The number of halogens is 3. The molecule has 8 nitrogen and oxygen atoms in total. The maximum atomic E-state index is 13.4. The van der Waals surface area contributed by atoms with Gasteiger partial charge >= 0.3 is 27.5 Å². The molecule has 1 N–H and O–H groups in total. The molecule has 0 heterocycles. The van der Waals surface area contributed by atoms with Crippen LogP contribution in [0.15, 0.2) is 0 Å². The lowest BCUT2D eigenvalue weighted by molar-refractivity contribution is -0.266. The van der Waals surface area contributed by atoms with Crippen molar-refractivity contribution in [3.05, 3.63) is 0 Å². The number of esters is 1. The summed E-state index contributed by atoms with van der Waals surface area (Å²) in [4.78, 5) is 23.3. The summed E-state index contributed by atoms with van der Waals surface area (Å²) in [5.41, 5.74) is -1.73. The first kappa shape index (κ1) is 19.1. The highest BCUT2D eigenvalue weighted by atomic mass is 35.5. The van der Waals surface area contributed by atoms with Crippen LogP contribution in [0, 0.1) is 22.7 Å². The molecule has 4 rings (SSSR count). The summed E-state index contributed by atoms with van der Waals surface area (Å²) < 4.78 is 71.5. The third-order valence-electron chi connectivity index (χ3n) is 7.06. The molecule has 5 unspecified atom stereocenters. The minimum Gasteiger partial charge on any atom is -0.460 e. The summed E-state index contributed by atoms with van der Waals surface area (Å²) in [6.45, 7) is -0.417. The first-order valence-electron chi connectivity index (χ1n) is 8.35. The van der Waals surface area contributed by atoms with Crippen molar-refractivity contribution in [3.8, 4) is 0 Å². The minimum absolute atomic E-state index is 0.217. The maximum Gasteiger partial charge on any atom is 0.510 e. The Morgan fingerprint density at radius 3 is 2.44 bits per heavy atom. The lowest BCUT2D eigenvalue weighted by atomic mass is 9.32. The Morgan fingerprint density at radius 2 is 1.85 bits per heavy atom. The Hall–Kier alpha value is -1.20. The van der Waals surface area contributed by atoms with Gasteiger partial charge in [-0.3, -0.25) is 4.55 Å². The molecule has 0 aromatic rings. The molecule has 12 heteroatoms. The predicted molar refractivity (Wildman–Crippen MR) is 83.4 cm³/mol. The van der Waals surface area contributed by atoms with Gasteiger partial charge in [0.05, 0.1) is 6.61 Å². The van der Waals surface area contributed by atoms with Gasteiger partial charge in [-0.2, -0.15) is 17.2 Å². The molecule has 0 aromatic carbocycles. The molecule has 5 atom stereocenters. The number of hydrogen-bond donors (Lipinski definition) is 1. The maximum absolute atomic E-state index is 13.4. The van der Waals surface area contributed by atoms with Gasteiger partial charge in [0.2, 0.25) is 0 Å². The molecule has 27 heavy (non-hydrogen) atoms. The Labute approximate surface area is 158 Å². The van der Waals surface area contributed by atoms with Gasteiger partial charge in [0.15, 0.2) is 6.07 Å². The quantitative estimate of drug-likeness (QED) is 0.387. The summed E-state index contributed by atoms with van der Waals surface area (Å²) in [6, 6.07) is -0.362. The molecule has 4 fully saturated rings. The Balaban J connectivity index is 1.50. The van der Waals surface area contributed by atoms with Crippen LogP contribution in [0.25, 0.3) is 0 Å². The monoisotopic (exact) mass is 430 g/mol. The highest BCUT2D eigenvalue weighted by molar-refractivity contribution is 7.87. The van der Waals surface area contributed by atoms with E-state index in [1.54, 1.807) is 0 Å². The van der Waals surface area contributed by atoms with Crippen LogP contribution < -0.4 is 0 Å². The van der Waals surface area contributed by atoms with E-state index in [2.05, 4.69) is 9.47 Å². The molecule has 0 aromatic heterocycles. The third kappa shape index (κ3) is 2.30. The van der Waals surface area contributed by atoms with Crippen LogP contribution in [0.3, 0.4) is 0 Å². The number of fused-ring (bicyclic) bond motifs is 1. The van der Waals surface area contributed by atoms with E-state index in [0.29, 0.717) is 31.6 Å². The van der Waals surface area contributed by atoms with Gasteiger partial charge in [0, 0.05) is 5.41 Å². The molecule has 4 aliphatic carbocycles. The van der Waals surface area contributed by atoms with Crippen molar-refractivity contribution in [2.75, 3.05) is 12.7 Å². The summed E-state index contributed by atoms with van der Waals surface area (Å²) in [5.74, 6) is -1.76. The Morgan fingerprint density at radius 1 is 1.19 bits per heavy atom. The molecular weight excluding hydrogens is 414 g/mol.